The zero-order valence-electron chi connectivity index (χ0n) is 23.3. The summed E-state index contributed by atoms with van der Waals surface area (Å²) in [6.07, 6.45) is 9.93. The van der Waals surface area contributed by atoms with E-state index >= 15 is 0 Å². The Morgan fingerprint density at radius 1 is 1.15 bits per heavy atom. The van der Waals surface area contributed by atoms with Crippen molar-refractivity contribution < 1.29 is 14.6 Å². The lowest BCUT2D eigenvalue weighted by Crippen LogP contribution is -2.52. The number of carboxylic acid groups (broad SMARTS) is 1. The molecule has 0 aliphatic heterocycles. The van der Waals surface area contributed by atoms with Crippen LogP contribution in [0.3, 0.4) is 0 Å². The number of anilines is 1. The van der Waals surface area contributed by atoms with Crippen LogP contribution in [0.1, 0.15) is 80.7 Å². The summed E-state index contributed by atoms with van der Waals surface area (Å²) >= 11 is 6.20. The molecule has 1 saturated carbocycles. The topological polar surface area (TPSA) is 71.5 Å². The van der Waals surface area contributed by atoms with E-state index in [0.717, 1.165) is 43.5 Å². The van der Waals surface area contributed by atoms with Crippen molar-refractivity contribution in [1.82, 2.24) is 4.98 Å². The fourth-order valence-electron chi connectivity index (χ4n) is 7.25. The van der Waals surface area contributed by atoms with Gasteiger partial charge in [0.1, 0.15) is 11.3 Å². The Morgan fingerprint density at radius 3 is 2.73 bits per heavy atom. The van der Waals surface area contributed by atoms with Crippen LogP contribution in [0.2, 0.25) is 5.02 Å². The molecule has 2 N–H and O–H groups in total. The summed E-state index contributed by atoms with van der Waals surface area (Å²) in [4.78, 5) is 17.2. The highest BCUT2D eigenvalue weighted by molar-refractivity contribution is 6.30. The molecule has 1 heterocycles. The molecule has 0 unspecified atom stereocenters. The molecule has 3 aliphatic carbocycles. The fraction of sp³-hybridized carbons (Fsp3) is 0.412. The molecular weight excluding hydrogens is 520 g/mol. The van der Waals surface area contributed by atoms with Crippen molar-refractivity contribution >= 4 is 29.3 Å². The van der Waals surface area contributed by atoms with Gasteiger partial charge in [0.15, 0.2) is 0 Å². The summed E-state index contributed by atoms with van der Waals surface area (Å²) in [5, 5.41) is 14.3. The number of carboxylic acids is 1. The monoisotopic (exact) mass is 556 g/mol. The Hall–Kier alpha value is -3.31. The molecule has 208 valence electrons. The van der Waals surface area contributed by atoms with Gasteiger partial charge in [0.05, 0.1) is 6.61 Å². The Balaban J connectivity index is 1.20. The predicted octanol–water partition coefficient (Wildman–Crippen LogP) is 8.03. The van der Waals surface area contributed by atoms with Gasteiger partial charge in [-0.1, -0.05) is 67.4 Å². The van der Waals surface area contributed by atoms with Gasteiger partial charge in [-0.3, -0.25) is 4.98 Å². The number of ether oxygens (including phenoxy) is 1. The van der Waals surface area contributed by atoms with Crippen molar-refractivity contribution in [3.8, 4) is 5.75 Å². The van der Waals surface area contributed by atoms with Crippen LogP contribution in [-0.2, 0) is 16.6 Å². The second kappa shape index (κ2) is 10.6. The number of aliphatic carboxylic acids is 1. The molecule has 0 saturated heterocycles. The van der Waals surface area contributed by atoms with Crippen molar-refractivity contribution in [2.45, 2.75) is 75.7 Å². The first-order chi connectivity index (χ1) is 19.3. The molecular formula is C34H37ClN2O3. The molecule has 0 radical (unpaired) electrons. The molecule has 1 aromatic heterocycles. The van der Waals surface area contributed by atoms with Crippen LogP contribution in [0.15, 0.2) is 66.4 Å². The third kappa shape index (κ3) is 4.79. The van der Waals surface area contributed by atoms with Gasteiger partial charge < -0.3 is 15.2 Å². The number of hydrogen-bond acceptors (Lipinski definition) is 4. The average Bonchev–Trinajstić information content (AvgIpc) is 3.47. The zero-order valence-corrected chi connectivity index (χ0v) is 24.0. The molecule has 2 atom stereocenters. The van der Waals surface area contributed by atoms with Crippen LogP contribution < -0.4 is 10.1 Å². The summed E-state index contributed by atoms with van der Waals surface area (Å²) in [5.74, 6) is 0.978. The molecule has 3 aliphatic rings. The number of rotatable bonds is 8. The van der Waals surface area contributed by atoms with Crippen LogP contribution in [0.4, 0.5) is 5.69 Å². The lowest BCUT2D eigenvalue weighted by molar-refractivity contribution is -0.143. The van der Waals surface area contributed by atoms with Gasteiger partial charge >= 0.3 is 5.97 Å². The smallest absolute Gasteiger partial charge is 0.329 e. The molecule has 1 spiro atoms. The highest BCUT2D eigenvalue weighted by Gasteiger charge is 2.51. The number of fused-ring (bicyclic) bond motifs is 3. The number of halogens is 1. The third-order valence-corrected chi connectivity index (χ3v) is 9.66. The summed E-state index contributed by atoms with van der Waals surface area (Å²) in [7, 11) is 0. The fourth-order valence-corrected chi connectivity index (χ4v) is 7.44. The summed E-state index contributed by atoms with van der Waals surface area (Å²) in [6, 6.07) is 18.0. The van der Waals surface area contributed by atoms with Gasteiger partial charge in [-0.25, -0.2) is 4.79 Å². The van der Waals surface area contributed by atoms with Crippen molar-refractivity contribution in [1.29, 1.82) is 0 Å². The quantitative estimate of drug-likeness (QED) is 0.294. The number of aryl methyl sites for hydroxylation is 1. The Bertz CT molecular complexity index is 1460. The predicted molar refractivity (Wildman–Crippen MR) is 160 cm³/mol. The van der Waals surface area contributed by atoms with Gasteiger partial charge in [-0.2, -0.15) is 0 Å². The van der Waals surface area contributed by atoms with E-state index in [2.05, 4.69) is 54.5 Å². The molecule has 40 heavy (non-hydrogen) atoms. The third-order valence-electron chi connectivity index (χ3n) is 9.43. The van der Waals surface area contributed by atoms with E-state index in [0.29, 0.717) is 36.3 Å². The van der Waals surface area contributed by atoms with Crippen molar-refractivity contribution in [3.63, 3.8) is 0 Å². The first-order valence-corrected chi connectivity index (χ1v) is 14.9. The van der Waals surface area contributed by atoms with E-state index in [1.54, 1.807) is 12.1 Å². The van der Waals surface area contributed by atoms with E-state index in [9.17, 15) is 9.90 Å². The standard InChI is InChI=1S/C34H37ClN2O3/c1-22(21-40-30-12-17-36-29-11-10-23(2)31(29)30)18-25-19-24-6-3-4-9-28(24)33(25)13-15-34(16-14-33,32(38)39)37-27-8-5-7-26(35)20-27/h3-9,12,17,19-20,22-23,37H,10-11,13-16,18,21H2,1-2H3,(H,38,39)/t22-,23+,33?,34?/m1/s1. The summed E-state index contributed by atoms with van der Waals surface area (Å²) in [5.41, 5.74) is 6.04. The summed E-state index contributed by atoms with van der Waals surface area (Å²) < 4.78 is 6.42. The SMILES string of the molecule is C[C@@H](COc1ccnc2c1[C@@H](C)CC2)CC1=Cc2ccccc2C12CCC(Nc1cccc(Cl)c1)(C(=O)O)CC2. The van der Waals surface area contributed by atoms with E-state index < -0.39 is 11.5 Å². The van der Waals surface area contributed by atoms with E-state index in [1.807, 2.05) is 24.4 Å². The van der Waals surface area contributed by atoms with Gasteiger partial charge in [-0.15, -0.1) is 0 Å². The minimum atomic E-state index is -1.02. The summed E-state index contributed by atoms with van der Waals surface area (Å²) in [6.45, 7) is 5.16. The maximum Gasteiger partial charge on any atom is 0.329 e. The van der Waals surface area contributed by atoms with Gasteiger partial charge in [-0.05, 0) is 92.2 Å². The molecule has 0 amide bonds. The van der Waals surface area contributed by atoms with Gasteiger partial charge in [0.25, 0.3) is 0 Å². The first kappa shape index (κ1) is 26.9. The van der Waals surface area contributed by atoms with Gasteiger partial charge in [0, 0.05) is 33.6 Å². The molecule has 2 aromatic carbocycles. The normalized spacial score (nSPS) is 25.7. The van der Waals surface area contributed by atoms with E-state index in [1.165, 1.54) is 28.0 Å². The number of aromatic nitrogens is 1. The second-order valence-corrected chi connectivity index (χ2v) is 12.5. The van der Waals surface area contributed by atoms with E-state index in [-0.39, 0.29) is 5.41 Å². The first-order valence-electron chi connectivity index (χ1n) is 14.5. The highest BCUT2D eigenvalue weighted by Crippen LogP contribution is 2.55. The number of nitrogens with zero attached hydrogens (tertiary/aromatic N) is 1. The van der Waals surface area contributed by atoms with E-state index in [4.69, 9.17) is 16.3 Å². The number of benzene rings is 2. The van der Waals surface area contributed by atoms with Crippen LogP contribution in [-0.4, -0.2) is 28.2 Å². The minimum absolute atomic E-state index is 0.147. The molecule has 6 rings (SSSR count). The molecule has 0 bridgehead atoms. The van der Waals surface area contributed by atoms with Crippen LogP contribution >= 0.6 is 11.6 Å². The second-order valence-electron chi connectivity index (χ2n) is 12.1. The highest BCUT2D eigenvalue weighted by atomic mass is 35.5. The lowest BCUT2D eigenvalue weighted by atomic mass is 9.61. The van der Waals surface area contributed by atoms with Crippen molar-refractivity contribution in [2.75, 3.05) is 11.9 Å². The van der Waals surface area contributed by atoms with Crippen LogP contribution in [0.25, 0.3) is 6.08 Å². The molecule has 5 nitrogen and oxygen atoms in total. The van der Waals surface area contributed by atoms with Crippen LogP contribution in [0, 0.1) is 5.92 Å². The molecule has 6 heteroatoms. The zero-order chi connectivity index (χ0) is 27.9. The Kier molecular flexibility index (Phi) is 7.12. The number of allylic oxidation sites excluding steroid dienone is 1. The number of pyridine rings is 1. The number of carbonyl (C=O) groups is 1. The molecule has 3 aromatic rings. The van der Waals surface area contributed by atoms with Crippen molar-refractivity contribution in [3.05, 3.63) is 93.8 Å². The van der Waals surface area contributed by atoms with Gasteiger partial charge in [0.2, 0.25) is 0 Å². The largest absolute Gasteiger partial charge is 0.493 e. The maximum absolute atomic E-state index is 12.7. The number of nitrogens with one attached hydrogen (secondary N) is 1. The maximum atomic E-state index is 12.7. The minimum Gasteiger partial charge on any atom is -0.493 e. The molecule has 1 fully saturated rings. The number of hydrogen-bond donors (Lipinski definition) is 2. The Labute approximate surface area is 241 Å². The lowest BCUT2D eigenvalue weighted by Gasteiger charge is -2.46. The average molecular weight is 557 g/mol. The van der Waals surface area contributed by atoms with Crippen molar-refractivity contribution in [2.24, 2.45) is 5.92 Å². The van der Waals surface area contributed by atoms with Crippen LogP contribution in [0.5, 0.6) is 5.75 Å². The Morgan fingerprint density at radius 2 is 1.95 bits per heavy atom.